The summed E-state index contributed by atoms with van der Waals surface area (Å²) in [4.78, 5) is 8.62. The van der Waals surface area contributed by atoms with Crippen molar-refractivity contribution in [1.82, 2.24) is 9.97 Å². The maximum Gasteiger partial charge on any atom is 0.139 e. The highest BCUT2D eigenvalue weighted by atomic mass is 32.1. The molecule has 4 nitrogen and oxygen atoms in total. The number of nitrogens with one attached hydrogen (secondary N) is 1. The first-order chi connectivity index (χ1) is 6.65. The molecule has 0 aliphatic carbocycles. The summed E-state index contributed by atoms with van der Waals surface area (Å²) in [6.07, 6.45) is 2.68. The fraction of sp³-hybridized carbons (Fsp3) is 0.444. The molecule has 0 bridgehead atoms. The van der Waals surface area contributed by atoms with Crippen LogP contribution in [0.25, 0.3) is 0 Å². The maximum atomic E-state index is 5.55. The third-order valence-corrected chi connectivity index (χ3v) is 1.94. The van der Waals surface area contributed by atoms with Gasteiger partial charge in [-0.05, 0) is 13.3 Å². The molecule has 5 heteroatoms. The van der Waals surface area contributed by atoms with Crippen LogP contribution in [0, 0.1) is 6.92 Å². The Kier molecular flexibility index (Phi) is 3.76. The van der Waals surface area contributed by atoms with Gasteiger partial charge in [-0.15, -0.1) is 0 Å². The number of hydrogen-bond donors (Lipinski definition) is 2. The number of nitrogens with two attached hydrogens (primary N) is 1. The first-order valence-corrected chi connectivity index (χ1v) is 4.93. The summed E-state index contributed by atoms with van der Waals surface area (Å²) in [5, 5.41) is 3.17. The van der Waals surface area contributed by atoms with E-state index in [1.165, 1.54) is 0 Å². The van der Waals surface area contributed by atoms with E-state index in [-0.39, 0.29) is 0 Å². The van der Waals surface area contributed by atoms with Crippen molar-refractivity contribution < 1.29 is 0 Å². The number of anilines is 1. The molecule has 0 saturated heterocycles. The highest BCUT2D eigenvalue weighted by Gasteiger charge is 2.06. The van der Waals surface area contributed by atoms with E-state index in [0.717, 1.165) is 18.8 Å². The average molecular weight is 210 g/mol. The number of aryl methyl sites for hydroxylation is 1. The Morgan fingerprint density at radius 3 is 2.93 bits per heavy atom. The predicted molar refractivity (Wildman–Crippen MR) is 61.4 cm³/mol. The van der Waals surface area contributed by atoms with Crippen molar-refractivity contribution in [3.8, 4) is 0 Å². The average Bonchev–Trinajstić information content (AvgIpc) is 2.14. The Labute approximate surface area is 88.9 Å². The van der Waals surface area contributed by atoms with Crippen molar-refractivity contribution >= 4 is 23.0 Å². The molecule has 0 aliphatic heterocycles. The van der Waals surface area contributed by atoms with Crippen LogP contribution in [0.4, 0.5) is 5.82 Å². The van der Waals surface area contributed by atoms with E-state index in [0.29, 0.717) is 16.4 Å². The normalized spacial score (nSPS) is 9.86. The topological polar surface area (TPSA) is 63.8 Å². The van der Waals surface area contributed by atoms with Gasteiger partial charge in [0.1, 0.15) is 16.6 Å². The van der Waals surface area contributed by atoms with E-state index in [1.807, 2.05) is 6.92 Å². The Morgan fingerprint density at radius 1 is 1.64 bits per heavy atom. The van der Waals surface area contributed by atoms with Gasteiger partial charge in [-0.2, -0.15) is 0 Å². The Morgan fingerprint density at radius 2 is 2.36 bits per heavy atom. The second-order valence-corrected chi connectivity index (χ2v) is 3.41. The molecule has 1 aromatic rings. The van der Waals surface area contributed by atoms with Crippen molar-refractivity contribution in [2.75, 3.05) is 11.9 Å². The molecule has 0 unspecified atom stereocenters. The summed E-state index contributed by atoms with van der Waals surface area (Å²) in [6, 6.07) is 0. The standard InChI is InChI=1S/C9H14N4S/c1-3-4-11-9-7(8(10)14)5-12-6(2)13-9/h5H,3-4H2,1-2H3,(H2,10,14)(H,11,12,13). The second-order valence-electron chi connectivity index (χ2n) is 2.97. The minimum atomic E-state index is 0.323. The third kappa shape index (κ3) is 2.63. The van der Waals surface area contributed by atoms with Gasteiger partial charge in [0.2, 0.25) is 0 Å². The van der Waals surface area contributed by atoms with Crippen molar-refractivity contribution in [3.05, 3.63) is 17.6 Å². The van der Waals surface area contributed by atoms with Gasteiger partial charge in [0.15, 0.2) is 0 Å². The molecule has 76 valence electrons. The number of thiocarbonyl (C=S) groups is 1. The molecular formula is C9H14N4S. The lowest BCUT2D eigenvalue weighted by Crippen LogP contribution is -2.16. The van der Waals surface area contributed by atoms with Gasteiger partial charge in [-0.3, -0.25) is 0 Å². The van der Waals surface area contributed by atoms with Gasteiger partial charge < -0.3 is 11.1 Å². The molecule has 0 aliphatic rings. The number of hydrogen-bond acceptors (Lipinski definition) is 4. The van der Waals surface area contributed by atoms with Crippen LogP contribution in [0.15, 0.2) is 6.20 Å². The van der Waals surface area contributed by atoms with Crippen molar-refractivity contribution in [1.29, 1.82) is 0 Å². The van der Waals surface area contributed by atoms with Crippen LogP contribution in [0.2, 0.25) is 0 Å². The SMILES string of the molecule is CCCNc1nc(C)ncc1C(N)=S. The van der Waals surface area contributed by atoms with Crippen LogP contribution in [0.5, 0.6) is 0 Å². The fourth-order valence-corrected chi connectivity index (χ4v) is 1.18. The van der Waals surface area contributed by atoms with E-state index in [1.54, 1.807) is 6.20 Å². The van der Waals surface area contributed by atoms with Gasteiger partial charge in [0, 0.05) is 12.7 Å². The molecule has 1 aromatic heterocycles. The predicted octanol–water partition coefficient (Wildman–Crippen LogP) is 1.24. The molecule has 0 atom stereocenters. The van der Waals surface area contributed by atoms with E-state index < -0.39 is 0 Å². The molecule has 1 rings (SSSR count). The molecule has 0 amide bonds. The summed E-state index contributed by atoms with van der Waals surface area (Å²) < 4.78 is 0. The monoisotopic (exact) mass is 210 g/mol. The van der Waals surface area contributed by atoms with Crippen molar-refractivity contribution in [2.45, 2.75) is 20.3 Å². The minimum absolute atomic E-state index is 0.323. The lowest BCUT2D eigenvalue weighted by molar-refractivity contribution is 0.952. The fourth-order valence-electron chi connectivity index (χ4n) is 1.03. The first-order valence-electron chi connectivity index (χ1n) is 4.52. The maximum absolute atomic E-state index is 5.55. The van der Waals surface area contributed by atoms with E-state index in [2.05, 4.69) is 22.2 Å². The van der Waals surface area contributed by atoms with E-state index in [9.17, 15) is 0 Å². The Hall–Kier alpha value is -1.23. The van der Waals surface area contributed by atoms with Crippen LogP contribution in [-0.4, -0.2) is 21.5 Å². The number of rotatable bonds is 4. The van der Waals surface area contributed by atoms with Crippen LogP contribution in [0.1, 0.15) is 24.7 Å². The Bertz CT molecular complexity index is 338. The quantitative estimate of drug-likeness (QED) is 0.732. The highest BCUT2D eigenvalue weighted by Crippen LogP contribution is 2.11. The van der Waals surface area contributed by atoms with E-state index in [4.69, 9.17) is 18.0 Å². The molecule has 14 heavy (non-hydrogen) atoms. The van der Waals surface area contributed by atoms with Crippen LogP contribution < -0.4 is 11.1 Å². The molecule has 0 radical (unpaired) electrons. The third-order valence-electron chi connectivity index (χ3n) is 1.72. The van der Waals surface area contributed by atoms with Gasteiger partial charge in [0.05, 0.1) is 5.56 Å². The summed E-state index contributed by atoms with van der Waals surface area (Å²) in [5.41, 5.74) is 6.26. The minimum Gasteiger partial charge on any atom is -0.389 e. The zero-order valence-corrected chi connectivity index (χ0v) is 9.19. The van der Waals surface area contributed by atoms with E-state index >= 15 is 0 Å². The molecule has 0 aromatic carbocycles. The molecule has 0 saturated carbocycles. The lowest BCUT2D eigenvalue weighted by atomic mass is 10.3. The van der Waals surface area contributed by atoms with Gasteiger partial charge in [0.25, 0.3) is 0 Å². The highest BCUT2D eigenvalue weighted by molar-refractivity contribution is 7.80. The van der Waals surface area contributed by atoms with Gasteiger partial charge >= 0.3 is 0 Å². The van der Waals surface area contributed by atoms with Crippen molar-refractivity contribution in [3.63, 3.8) is 0 Å². The van der Waals surface area contributed by atoms with Crippen LogP contribution >= 0.6 is 12.2 Å². The zero-order valence-electron chi connectivity index (χ0n) is 8.37. The first kappa shape index (κ1) is 10.8. The Balaban J connectivity index is 2.97. The van der Waals surface area contributed by atoms with Gasteiger partial charge in [-0.25, -0.2) is 9.97 Å². The summed E-state index contributed by atoms with van der Waals surface area (Å²) in [6.45, 7) is 4.77. The molecule has 0 fully saturated rings. The largest absolute Gasteiger partial charge is 0.389 e. The number of nitrogens with zero attached hydrogens (tertiary/aromatic N) is 2. The number of aromatic nitrogens is 2. The molecule has 3 N–H and O–H groups in total. The lowest BCUT2D eigenvalue weighted by Gasteiger charge is -2.08. The smallest absolute Gasteiger partial charge is 0.139 e. The second kappa shape index (κ2) is 4.85. The van der Waals surface area contributed by atoms with Crippen LogP contribution in [-0.2, 0) is 0 Å². The summed E-state index contributed by atoms with van der Waals surface area (Å²) in [7, 11) is 0. The summed E-state index contributed by atoms with van der Waals surface area (Å²) >= 11 is 4.90. The molecule has 1 heterocycles. The summed E-state index contributed by atoms with van der Waals surface area (Å²) in [5.74, 6) is 1.44. The molecule has 0 spiro atoms. The zero-order chi connectivity index (χ0) is 10.6. The van der Waals surface area contributed by atoms with Gasteiger partial charge in [-0.1, -0.05) is 19.1 Å². The van der Waals surface area contributed by atoms with Crippen LogP contribution in [0.3, 0.4) is 0 Å². The van der Waals surface area contributed by atoms with Crippen molar-refractivity contribution in [2.24, 2.45) is 5.73 Å². The molecular weight excluding hydrogens is 196 g/mol.